The number of aliphatic hydroxyl groups is 1. The third kappa shape index (κ3) is 4.63. The summed E-state index contributed by atoms with van der Waals surface area (Å²) in [6.45, 7) is 7.00. The first-order valence-electron chi connectivity index (χ1n) is 7.13. The van der Waals surface area contributed by atoms with Gasteiger partial charge in [-0.3, -0.25) is 4.90 Å². The highest BCUT2D eigenvalue weighted by Crippen LogP contribution is 2.27. The zero-order valence-corrected chi connectivity index (χ0v) is 12.9. The molecule has 1 aromatic rings. The third-order valence-electron chi connectivity index (χ3n) is 3.55. The molecule has 114 valence electrons. The number of halogens is 1. The van der Waals surface area contributed by atoms with Gasteiger partial charge < -0.3 is 15.2 Å². The molecule has 1 heterocycles. The van der Waals surface area contributed by atoms with Crippen LogP contribution in [0.15, 0.2) is 24.3 Å². The quantitative estimate of drug-likeness (QED) is 0.841. The van der Waals surface area contributed by atoms with E-state index >= 15 is 0 Å². The van der Waals surface area contributed by atoms with Crippen molar-refractivity contribution in [3.8, 4) is 5.75 Å². The Labute approximate surface area is 127 Å². The number of benzene rings is 1. The van der Waals surface area contributed by atoms with E-state index in [2.05, 4.69) is 22.3 Å². The van der Waals surface area contributed by atoms with E-state index in [1.54, 1.807) is 0 Å². The lowest BCUT2D eigenvalue weighted by molar-refractivity contribution is 0.141. The monoisotopic (exact) mass is 300 g/mol. The molecule has 1 fully saturated rings. The first-order chi connectivity index (χ1) is 9.35. The maximum Gasteiger partial charge on any atom is 0.119 e. The number of nitrogens with zero attached hydrogens (tertiary/aromatic N) is 1. The van der Waals surface area contributed by atoms with E-state index in [9.17, 15) is 5.11 Å². The summed E-state index contributed by atoms with van der Waals surface area (Å²) in [6, 6.07) is 8.54. The summed E-state index contributed by atoms with van der Waals surface area (Å²) < 4.78 is 5.57. The van der Waals surface area contributed by atoms with Crippen LogP contribution in [0.5, 0.6) is 5.75 Å². The molecule has 2 N–H and O–H groups in total. The van der Waals surface area contributed by atoms with Crippen molar-refractivity contribution in [2.45, 2.75) is 19.4 Å². The SMILES string of the molecule is CCOc1cccc([C@@H](CCO)N2CCNCC2)c1.Cl. The number of hydrogen-bond donors (Lipinski definition) is 2. The Kier molecular flexibility index (Phi) is 7.92. The molecular weight excluding hydrogens is 276 g/mol. The fourth-order valence-electron chi connectivity index (χ4n) is 2.65. The Hall–Kier alpha value is -0.810. The summed E-state index contributed by atoms with van der Waals surface area (Å²) >= 11 is 0. The minimum atomic E-state index is 0. The Bertz CT molecular complexity index is 384. The van der Waals surface area contributed by atoms with Crippen molar-refractivity contribution in [3.05, 3.63) is 29.8 Å². The van der Waals surface area contributed by atoms with Crippen LogP contribution in [0, 0.1) is 0 Å². The number of hydrogen-bond acceptors (Lipinski definition) is 4. The van der Waals surface area contributed by atoms with Gasteiger partial charge in [0.1, 0.15) is 5.75 Å². The van der Waals surface area contributed by atoms with Crippen LogP contribution in [0.4, 0.5) is 0 Å². The first kappa shape index (κ1) is 17.2. The summed E-state index contributed by atoms with van der Waals surface area (Å²) in [5.41, 5.74) is 1.24. The van der Waals surface area contributed by atoms with Crippen LogP contribution in [-0.4, -0.2) is 49.4 Å². The van der Waals surface area contributed by atoms with Gasteiger partial charge in [-0.15, -0.1) is 12.4 Å². The number of nitrogens with one attached hydrogen (secondary N) is 1. The molecule has 0 aromatic heterocycles. The molecule has 0 aliphatic carbocycles. The zero-order chi connectivity index (χ0) is 13.5. The lowest BCUT2D eigenvalue weighted by Gasteiger charge is -2.35. The van der Waals surface area contributed by atoms with Crippen LogP contribution < -0.4 is 10.1 Å². The van der Waals surface area contributed by atoms with Gasteiger partial charge in [-0.1, -0.05) is 12.1 Å². The van der Waals surface area contributed by atoms with E-state index in [4.69, 9.17) is 4.74 Å². The van der Waals surface area contributed by atoms with E-state index in [1.165, 1.54) is 5.56 Å². The topological polar surface area (TPSA) is 44.7 Å². The van der Waals surface area contributed by atoms with Crippen LogP contribution in [0.3, 0.4) is 0 Å². The second-order valence-electron chi connectivity index (χ2n) is 4.82. The normalized spacial score (nSPS) is 17.3. The molecule has 0 spiro atoms. The molecule has 5 heteroatoms. The molecule has 1 aromatic carbocycles. The van der Waals surface area contributed by atoms with E-state index in [0.717, 1.165) is 38.3 Å². The average Bonchev–Trinajstić information content (AvgIpc) is 2.46. The third-order valence-corrected chi connectivity index (χ3v) is 3.55. The second-order valence-corrected chi connectivity index (χ2v) is 4.82. The Balaban J connectivity index is 0.00000200. The molecule has 1 aliphatic heterocycles. The lowest BCUT2D eigenvalue weighted by Crippen LogP contribution is -2.45. The van der Waals surface area contributed by atoms with Crippen LogP contribution in [-0.2, 0) is 0 Å². The number of rotatable bonds is 6. The largest absolute Gasteiger partial charge is 0.494 e. The van der Waals surface area contributed by atoms with Gasteiger partial charge in [0.2, 0.25) is 0 Å². The van der Waals surface area contributed by atoms with Crippen molar-refractivity contribution in [3.63, 3.8) is 0 Å². The predicted molar refractivity (Wildman–Crippen MR) is 83.7 cm³/mol. The molecule has 20 heavy (non-hydrogen) atoms. The summed E-state index contributed by atoms with van der Waals surface area (Å²) in [5.74, 6) is 0.915. The van der Waals surface area contributed by atoms with Crippen molar-refractivity contribution < 1.29 is 9.84 Å². The van der Waals surface area contributed by atoms with Gasteiger partial charge in [0.25, 0.3) is 0 Å². The Morgan fingerprint density at radius 1 is 1.35 bits per heavy atom. The first-order valence-corrected chi connectivity index (χ1v) is 7.13. The number of ether oxygens (including phenoxy) is 1. The second kappa shape index (κ2) is 9.19. The summed E-state index contributed by atoms with van der Waals surface area (Å²) in [5, 5.41) is 12.7. The van der Waals surface area contributed by atoms with Crippen LogP contribution in [0.1, 0.15) is 24.9 Å². The van der Waals surface area contributed by atoms with E-state index < -0.39 is 0 Å². The van der Waals surface area contributed by atoms with Gasteiger partial charge in [-0.2, -0.15) is 0 Å². The molecule has 4 nitrogen and oxygen atoms in total. The fourth-order valence-corrected chi connectivity index (χ4v) is 2.65. The molecular formula is C15H25ClN2O2. The molecule has 0 amide bonds. The Morgan fingerprint density at radius 3 is 2.75 bits per heavy atom. The highest BCUT2D eigenvalue weighted by Gasteiger charge is 2.21. The molecule has 0 radical (unpaired) electrons. The molecule has 0 unspecified atom stereocenters. The number of aliphatic hydroxyl groups excluding tert-OH is 1. The van der Waals surface area contributed by atoms with Crippen LogP contribution in [0.2, 0.25) is 0 Å². The van der Waals surface area contributed by atoms with Crippen molar-refractivity contribution in [2.24, 2.45) is 0 Å². The predicted octanol–water partition coefficient (Wildman–Crippen LogP) is 1.84. The molecule has 2 rings (SSSR count). The van der Waals surface area contributed by atoms with Crippen LogP contribution >= 0.6 is 12.4 Å². The maximum absolute atomic E-state index is 9.33. The molecule has 1 saturated heterocycles. The Morgan fingerprint density at radius 2 is 2.10 bits per heavy atom. The summed E-state index contributed by atoms with van der Waals surface area (Å²) in [7, 11) is 0. The average molecular weight is 301 g/mol. The lowest BCUT2D eigenvalue weighted by atomic mass is 10.0. The summed E-state index contributed by atoms with van der Waals surface area (Å²) in [4.78, 5) is 2.44. The number of piperazine rings is 1. The fraction of sp³-hybridized carbons (Fsp3) is 0.600. The summed E-state index contributed by atoms with van der Waals surface area (Å²) in [6.07, 6.45) is 0.773. The molecule has 1 aliphatic rings. The van der Waals surface area contributed by atoms with E-state index in [1.807, 2.05) is 19.1 Å². The van der Waals surface area contributed by atoms with Gasteiger partial charge in [-0.25, -0.2) is 0 Å². The molecule has 1 atom stereocenters. The molecule has 0 saturated carbocycles. The van der Waals surface area contributed by atoms with Crippen molar-refractivity contribution in [2.75, 3.05) is 39.4 Å². The van der Waals surface area contributed by atoms with Gasteiger partial charge >= 0.3 is 0 Å². The van der Waals surface area contributed by atoms with E-state index in [0.29, 0.717) is 6.61 Å². The van der Waals surface area contributed by atoms with E-state index in [-0.39, 0.29) is 25.1 Å². The standard InChI is InChI=1S/C15H24N2O2.ClH/c1-2-19-14-5-3-4-13(12-14)15(6-11-18)17-9-7-16-8-10-17;/h3-5,12,15-16,18H,2,6-11H2,1H3;1H/t15-;/m1./s1. The minimum absolute atomic E-state index is 0. The van der Waals surface area contributed by atoms with Gasteiger partial charge in [-0.05, 0) is 31.0 Å². The van der Waals surface area contributed by atoms with Crippen molar-refractivity contribution in [1.29, 1.82) is 0 Å². The highest BCUT2D eigenvalue weighted by atomic mass is 35.5. The zero-order valence-electron chi connectivity index (χ0n) is 12.0. The van der Waals surface area contributed by atoms with Gasteiger partial charge in [0.05, 0.1) is 6.61 Å². The highest BCUT2D eigenvalue weighted by molar-refractivity contribution is 5.85. The smallest absolute Gasteiger partial charge is 0.119 e. The van der Waals surface area contributed by atoms with Crippen LogP contribution in [0.25, 0.3) is 0 Å². The van der Waals surface area contributed by atoms with Gasteiger partial charge in [0.15, 0.2) is 0 Å². The van der Waals surface area contributed by atoms with Crippen molar-refractivity contribution in [1.82, 2.24) is 10.2 Å². The van der Waals surface area contributed by atoms with Crippen molar-refractivity contribution >= 4 is 12.4 Å². The molecule has 0 bridgehead atoms. The maximum atomic E-state index is 9.33. The minimum Gasteiger partial charge on any atom is -0.494 e. The van der Waals surface area contributed by atoms with Gasteiger partial charge in [0, 0.05) is 38.8 Å².